The molecular formula is C55H36N4. The van der Waals surface area contributed by atoms with Gasteiger partial charge >= 0.3 is 0 Å². The molecule has 11 aromatic rings. The first-order valence-corrected chi connectivity index (χ1v) is 19.9. The first-order chi connectivity index (χ1) is 29.2. The second-order valence-electron chi connectivity index (χ2n) is 14.9. The molecule has 0 aliphatic rings. The minimum absolute atomic E-state index is 0.837. The Morgan fingerprint density at radius 1 is 0.322 bits per heavy atom. The van der Waals surface area contributed by atoms with Crippen LogP contribution in [0.1, 0.15) is 0 Å². The third-order valence-electron chi connectivity index (χ3n) is 11.4. The number of hydrogen-bond donors (Lipinski definition) is 0. The Balaban J connectivity index is 1.02. The van der Waals surface area contributed by atoms with Gasteiger partial charge in [0.25, 0.3) is 0 Å². The van der Waals surface area contributed by atoms with Gasteiger partial charge in [0.05, 0.1) is 5.69 Å². The first-order valence-electron chi connectivity index (χ1n) is 19.9. The van der Waals surface area contributed by atoms with Crippen LogP contribution in [0, 0.1) is 0 Å². The zero-order valence-corrected chi connectivity index (χ0v) is 32.1. The van der Waals surface area contributed by atoms with Gasteiger partial charge in [0.15, 0.2) is 0 Å². The molecule has 2 aromatic heterocycles. The monoisotopic (exact) mass is 752 g/mol. The molecule has 0 bridgehead atoms. The minimum atomic E-state index is 0.837. The van der Waals surface area contributed by atoms with Crippen molar-refractivity contribution >= 4 is 32.6 Å². The van der Waals surface area contributed by atoms with E-state index in [1.165, 1.54) is 54.9 Å². The van der Waals surface area contributed by atoms with Crippen LogP contribution in [0.15, 0.2) is 219 Å². The highest BCUT2D eigenvalue weighted by atomic mass is 15.5. The SMILES string of the molecule is c1ccc(-c2ccc(-c3cc(-c4ccc(-c5ccccc5)cc4)c4nn(-c5ccc(-c6c7ccccc7c(-c7cccnc7)c7ccccc67)cc5)nc4c3)cc2)cc1. The van der Waals surface area contributed by atoms with Crippen molar-refractivity contribution < 1.29 is 0 Å². The van der Waals surface area contributed by atoms with Gasteiger partial charge in [-0.05, 0) is 108 Å². The van der Waals surface area contributed by atoms with Crippen LogP contribution in [0.2, 0.25) is 0 Å². The van der Waals surface area contributed by atoms with Crippen LogP contribution in [0.25, 0.3) is 105 Å². The Kier molecular flexibility index (Phi) is 8.45. The number of pyridine rings is 1. The highest BCUT2D eigenvalue weighted by Crippen LogP contribution is 2.43. The van der Waals surface area contributed by atoms with Crippen LogP contribution in [0.5, 0.6) is 0 Å². The maximum absolute atomic E-state index is 5.18. The van der Waals surface area contributed by atoms with Gasteiger partial charge in [0.1, 0.15) is 11.0 Å². The lowest BCUT2D eigenvalue weighted by atomic mass is 9.86. The number of fused-ring (bicyclic) bond motifs is 3. The summed E-state index contributed by atoms with van der Waals surface area (Å²) in [5, 5.41) is 15.1. The van der Waals surface area contributed by atoms with Gasteiger partial charge < -0.3 is 0 Å². The van der Waals surface area contributed by atoms with Crippen LogP contribution in [-0.2, 0) is 0 Å². The lowest BCUT2D eigenvalue weighted by molar-refractivity contribution is 0.766. The Bertz CT molecular complexity index is 3210. The predicted octanol–water partition coefficient (Wildman–Crippen LogP) is 14.1. The molecule has 0 atom stereocenters. The molecule has 0 aliphatic heterocycles. The summed E-state index contributed by atoms with van der Waals surface area (Å²) in [5.74, 6) is 0. The van der Waals surface area contributed by atoms with Crippen molar-refractivity contribution in [3.05, 3.63) is 219 Å². The topological polar surface area (TPSA) is 43.6 Å². The summed E-state index contributed by atoms with van der Waals surface area (Å²) >= 11 is 0. The molecule has 0 saturated heterocycles. The second-order valence-corrected chi connectivity index (χ2v) is 14.9. The van der Waals surface area contributed by atoms with Gasteiger partial charge in [-0.3, -0.25) is 4.98 Å². The molecule has 2 heterocycles. The summed E-state index contributed by atoms with van der Waals surface area (Å²) in [4.78, 5) is 6.24. The molecule has 59 heavy (non-hydrogen) atoms. The molecule has 0 spiro atoms. The highest BCUT2D eigenvalue weighted by Gasteiger charge is 2.18. The predicted molar refractivity (Wildman–Crippen MR) is 244 cm³/mol. The van der Waals surface area contributed by atoms with Crippen LogP contribution < -0.4 is 0 Å². The Labute approximate surface area is 342 Å². The first kappa shape index (κ1) is 34.3. The van der Waals surface area contributed by atoms with Crippen molar-refractivity contribution in [3.8, 4) is 72.4 Å². The van der Waals surface area contributed by atoms with E-state index >= 15 is 0 Å². The van der Waals surface area contributed by atoms with E-state index in [4.69, 9.17) is 10.2 Å². The Hall–Kier alpha value is -7.95. The zero-order valence-electron chi connectivity index (χ0n) is 32.1. The summed E-state index contributed by atoms with van der Waals surface area (Å²) < 4.78 is 0. The average Bonchev–Trinajstić information content (AvgIpc) is 3.76. The molecule has 0 unspecified atom stereocenters. The molecule has 0 fully saturated rings. The van der Waals surface area contributed by atoms with E-state index in [9.17, 15) is 0 Å². The van der Waals surface area contributed by atoms with Crippen molar-refractivity contribution in [2.45, 2.75) is 0 Å². The largest absolute Gasteiger partial charge is 0.264 e. The minimum Gasteiger partial charge on any atom is -0.264 e. The second kappa shape index (κ2) is 14.5. The van der Waals surface area contributed by atoms with Gasteiger partial charge in [0, 0.05) is 23.5 Å². The van der Waals surface area contributed by atoms with Crippen LogP contribution in [0.3, 0.4) is 0 Å². The van der Waals surface area contributed by atoms with E-state index in [2.05, 4.69) is 205 Å². The number of aromatic nitrogens is 4. The van der Waals surface area contributed by atoms with Gasteiger partial charge in [-0.25, -0.2) is 0 Å². The van der Waals surface area contributed by atoms with E-state index in [-0.39, 0.29) is 0 Å². The molecule has 0 aliphatic carbocycles. The van der Waals surface area contributed by atoms with Crippen LogP contribution in [-0.4, -0.2) is 20.0 Å². The summed E-state index contributed by atoms with van der Waals surface area (Å²) in [7, 11) is 0. The quantitative estimate of drug-likeness (QED) is 0.152. The number of nitrogens with zero attached hydrogens (tertiary/aromatic N) is 4. The number of hydrogen-bond acceptors (Lipinski definition) is 3. The molecule has 11 rings (SSSR count). The maximum Gasteiger partial charge on any atom is 0.121 e. The molecule has 276 valence electrons. The van der Waals surface area contributed by atoms with Crippen molar-refractivity contribution in [3.63, 3.8) is 0 Å². The number of rotatable bonds is 7. The van der Waals surface area contributed by atoms with E-state index < -0.39 is 0 Å². The molecule has 9 aromatic carbocycles. The average molecular weight is 753 g/mol. The molecule has 0 saturated carbocycles. The standard InChI is InChI=1S/C55H36N4/c1-3-12-37(13-4-1)39-21-23-41(24-22-39)45-34-51(42-27-25-40(26-28-42)38-14-5-2-6-15-38)55-52(35-45)57-59(58-55)46-31-29-43(30-32-46)53-47-17-7-9-19-49(47)54(44-16-11-33-56-36-44)50-20-10-8-18-48(50)53/h1-36H. The van der Waals surface area contributed by atoms with E-state index in [1.54, 1.807) is 4.80 Å². The van der Waals surface area contributed by atoms with Crippen molar-refractivity contribution in [1.82, 2.24) is 20.0 Å². The zero-order chi connectivity index (χ0) is 39.1. The fourth-order valence-corrected chi connectivity index (χ4v) is 8.50. The molecule has 0 radical (unpaired) electrons. The van der Waals surface area contributed by atoms with E-state index in [1.807, 2.05) is 18.5 Å². The van der Waals surface area contributed by atoms with Gasteiger partial charge in [-0.15, -0.1) is 10.2 Å². The normalized spacial score (nSPS) is 11.4. The van der Waals surface area contributed by atoms with Crippen molar-refractivity contribution in [1.29, 1.82) is 0 Å². The lowest BCUT2D eigenvalue weighted by Crippen LogP contribution is -1.98. The van der Waals surface area contributed by atoms with Crippen molar-refractivity contribution in [2.75, 3.05) is 0 Å². The summed E-state index contributed by atoms with van der Waals surface area (Å²) in [5.41, 5.74) is 16.3. The third-order valence-corrected chi connectivity index (χ3v) is 11.4. The number of benzene rings is 9. The molecule has 4 nitrogen and oxygen atoms in total. The summed E-state index contributed by atoms with van der Waals surface area (Å²) in [6, 6.07) is 73.2. The Morgan fingerprint density at radius 3 is 1.29 bits per heavy atom. The molecule has 0 amide bonds. The molecule has 4 heteroatoms. The van der Waals surface area contributed by atoms with Crippen LogP contribution in [0.4, 0.5) is 0 Å². The molecule has 0 N–H and O–H groups in total. The lowest BCUT2D eigenvalue weighted by Gasteiger charge is -2.17. The molecular weight excluding hydrogens is 717 g/mol. The fraction of sp³-hybridized carbons (Fsp3) is 0. The van der Waals surface area contributed by atoms with E-state index in [0.29, 0.717) is 0 Å². The smallest absolute Gasteiger partial charge is 0.121 e. The third kappa shape index (κ3) is 6.24. The maximum atomic E-state index is 5.18. The summed E-state index contributed by atoms with van der Waals surface area (Å²) in [6.07, 6.45) is 3.79. The van der Waals surface area contributed by atoms with Gasteiger partial charge in [-0.1, -0.05) is 176 Å². The Morgan fingerprint density at radius 2 is 0.763 bits per heavy atom. The summed E-state index contributed by atoms with van der Waals surface area (Å²) in [6.45, 7) is 0. The van der Waals surface area contributed by atoms with Crippen LogP contribution >= 0.6 is 0 Å². The van der Waals surface area contributed by atoms with Gasteiger partial charge in [-0.2, -0.15) is 4.80 Å². The van der Waals surface area contributed by atoms with E-state index in [0.717, 1.165) is 50.1 Å². The fourth-order valence-electron chi connectivity index (χ4n) is 8.50. The van der Waals surface area contributed by atoms with Crippen molar-refractivity contribution in [2.24, 2.45) is 0 Å². The highest BCUT2D eigenvalue weighted by molar-refractivity contribution is 6.21. The van der Waals surface area contributed by atoms with Gasteiger partial charge in [0.2, 0.25) is 0 Å².